The van der Waals surface area contributed by atoms with Gasteiger partial charge in [0, 0.05) is 11.1 Å². The Balaban J connectivity index is 1.71. The first-order valence-corrected chi connectivity index (χ1v) is 12.2. The number of nitrogen functional groups attached to an aromatic ring is 1. The van der Waals surface area contributed by atoms with Crippen LogP contribution >= 0.6 is 23.1 Å². The van der Waals surface area contributed by atoms with E-state index in [1.165, 1.54) is 35.2 Å². The zero-order valence-corrected chi connectivity index (χ0v) is 21.2. The van der Waals surface area contributed by atoms with Crippen LogP contribution in [0.4, 0.5) is 5.13 Å². The normalized spacial score (nSPS) is 19.9. The lowest BCUT2D eigenvalue weighted by Gasteiger charge is -2.49. The van der Waals surface area contributed by atoms with E-state index >= 15 is 0 Å². The first-order valence-electron chi connectivity index (χ1n) is 10.3. The van der Waals surface area contributed by atoms with Gasteiger partial charge in [-0.15, -0.1) is 23.1 Å². The molecule has 1 saturated heterocycles. The lowest BCUT2D eigenvalue weighted by Crippen LogP contribution is -2.71. The van der Waals surface area contributed by atoms with Crippen molar-refractivity contribution in [3.05, 3.63) is 35.0 Å². The Morgan fingerprint density at radius 2 is 2.09 bits per heavy atom. The van der Waals surface area contributed by atoms with Gasteiger partial charge in [0.25, 0.3) is 11.8 Å². The molecule has 0 aromatic carbocycles. The number of thiazole rings is 1. The largest absolute Gasteiger partial charge is 0.427 e. The third-order valence-electron chi connectivity index (χ3n) is 4.88. The number of thioether (sulfide) groups is 1. The number of nitrogens with one attached hydrogen (secondary N) is 1. The molecular weight excluding hydrogens is 498 g/mol. The van der Waals surface area contributed by atoms with Crippen molar-refractivity contribution in [3.8, 4) is 0 Å². The fourth-order valence-corrected chi connectivity index (χ4v) is 5.00. The molecule has 2 atom stereocenters. The molecule has 0 aliphatic carbocycles. The van der Waals surface area contributed by atoms with Crippen LogP contribution in [0.5, 0.6) is 0 Å². The number of amides is 2. The number of esters is 2. The number of β-lactam (4-membered cyclic amide) rings is 1. The summed E-state index contributed by atoms with van der Waals surface area (Å²) in [5.41, 5.74) is 5.40. The van der Waals surface area contributed by atoms with Crippen LogP contribution in [-0.2, 0) is 33.5 Å². The molecule has 0 bridgehead atoms. The van der Waals surface area contributed by atoms with E-state index in [0.29, 0.717) is 11.3 Å². The summed E-state index contributed by atoms with van der Waals surface area (Å²) in [6.07, 6.45) is 1.45. The lowest BCUT2D eigenvalue weighted by molar-refractivity contribution is -0.173. The van der Waals surface area contributed by atoms with Gasteiger partial charge in [-0.3, -0.25) is 19.3 Å². The first kappa shape index (κ1) is 26.2. The molecule has 0 unspecified atom stereocenters. The molecule has 2 aliphatic heterocycles. The van der Waals surface area contributed by atoms with Gasteiger partial charge in [-0.05, 0) is 26.3 Å². The number of aromatic nitrogens is 1. The lowest BCUT2D eigenvalue weighted by atomic mass is 9.98. The number of hydrogen-bond donors (Lipinski definition) is 2. The number of fused-ring (bicyclic) bond motifs is 1. The van der Waals surface area contributed by atoms with E-state index in [1.54, 1.807) is 20.8 Å². The van der Waals surface area contributed by atoms with Crippen LogP contribution in [-0.4, -0.2) is 70.4 Å². The van der Waals surface area contributed by atoms with Crippen molar-refractivity contribution in [1.29, 1.82) is 0 Å². The smallest absolute Gasteiger partial charge is 0.358 e. The third kappa shape index (κ3) is 5.48. The summed E-state index contributed by atoms with van der Waals surface area (Å²) in [5.74, 6) is -2.25. The minimum absolute atomic E-state index is 0.0101. The topological polar surface area (TPSA) is 163 Å². The molecule has 188 valence electrons. The Hall–Kier alpha value is -3.39. The molecule has 2 amide bonds. The second-order valence-corrected chi connectivity index (χ2v) is 10.4. The van der Waals surface area contributed by atoms with Crippen molar-refractivity contribution in [2.24, 2.45) is 10.6 Å². The zero-order chi connectivity index (χ0) is 25.9. The van der Waals surface area contributed by atoms with Crippen molar-refractivity contribution in [2.75, 3.05) is 25.4 Å². The molecule has 12 nitrogen and oxygen atoms in total. The highest BCUT2D eigenvalue weighted by Crippen LogP contribution is 2.41. The molecule has 0 spiro atoms. The van der Waals surface area contributed by atoms with Gasteiger partial charge in [0.15, 0.2) is 10.8 Å². The van der Waals surface area contributed by atoms with Crippen molar-refractivity contribution in [3.63, 3.8) is 0 Å². The van der Waals surface area contributed by atoms with Crippen LogP contribution < -0.4 is 11.1 Å². The van der Waals surface area contributed by atoms with E-state index in [9.17, 15) is 19.2 Å². The number of anilines is 1. The number of rotatable bonds is 8. The number of nitrogens with two attached hydrogens (primary N) is 1. The quantitative estimate of drug-likeness (QED) is 0.165. The predicted molar refractivity (Wildman–Crippen MR) is 129 cm³/mol. The molecule has 2 aliphatic rings. The SMILES string of the molecule is C=CC1=C(C(=O)OCOC(=O)C(C)(C)C)N2C(=O)[C@@H](NC(=O)/C(=N\OC)c3csc(N)n3)[C@H]2SC1. The van der Waals surface area contributed by atoms with Gasteiger partial charge in [0.1, 0.15) is 29.9 Å². The standard InChI is InChI=1S/C21H25N5O7S2/c1-6-10-7-34-17-13(24-15(27)12(25-31-5)11-8-35-20(22)23-11)16(28)26(17)14(10)18(29)32-9-33-19(30)21(2,3)4/h6,8,13,17H,1,7,9H2,2-5H3,(H2,22,23)(H,24,27)/b25-12-/t13-,17-/m1/s1. The molecule has 0 saturated carbocycles. The Morgan fingerprint density at radius 1 is 1.37 bits per heavy atom. The Labute approximate surface area is 209 Å². The number of carbonyl (C=O) groups excluding carboxylic acids is 4. The Bertz CT molecular complexity index is 1120. The third-order valence-corrected chi connectivity index (χ3v) is 6.85. The van der Waals surface area contributed by atoms with Crippen molar-refractivity contribution < 1.29 is 33.5 Å². The fraction of sp³-hybridized carbons (Fsp3) is 0.429. The molecule has 1 fully saturated rings. The maximum absolute atomic E-state index is 13.0. The molecule has 1 aromatic heterocycles. The maximum atomic E-state index is 13.0. The van der Waals surface area contributed by atoms with Crippen molar-refractivity contribution >= 4 is 57.7 Å². The van der Waals surface area contributed by atoms with E-state index in [-0.39, 0.29) is 22.2 Å². The van der Waals surface area contributed by atoms with Crippen LogP contribution in [0.25, 0.3) is 0 Å². The molecule has 3 heterocycles. The summed E-state index contributed by atoms with van der Waals surface area (Å²) in [6, 6.07) is -0.932. The summed E-state index contributed by atoms with van der Waals surface area (Å²) in [4.78, 5) is 60.5. The minimum Gasteiger partial charge on any atom is -0.427 e. The molecular formula is C21H25N5O7S2. The molecule has 1 aromatic rings. The van der Waals surface area contributed by atoms with E-state index < -0.39 is 47.4 Å². The van der Waals surface area contributed by atoms with Gasteiger partial charge >= 0.3 is 11.9 Å². The monoisotopic (exact) mass is 523 g/mol. The van der Waals surface area contributed by atoms with E-state index in [2.05, 4.69) is 22.0 Å². The average molecular weight is 524 g/mol. The molecule has 0 radical (unpaired) electrons. The van der Waals surface area contributed by atoms with Crippen LogP contribution in [0.15, 0.2) is 34.5 Å². The van der Waals surface area contributed by atoms with Gasteiger partial charge in [0.2, 0.25) is 6.79 Å². The second-order valence-electron chi connectivity index (χ2n) is 8.36. The van der Waals surface area contributed by atoms with Crippen LogP contribution in [0, 0.1) is 5.41 Å². The summed E-state index contributed by atoms with van der Waals surface area (Å²) < 4.78 is 10.1. The molecule has 35 heavy (non-hydrogen) atoms. The van der Waals surface area contributed by atoms with Crippen LogP contribution in [0.2, 0.25) is 0 Å². The van der Waals surface area contributed by atoms with Crippen molar-refractivity contribution in [1.82, 2.24) is 15.2 Å². The van der Waals surface area contributed by atoms with Crippen molar-refractivity contribution in [2.45, 2.75) is 32.2 Å². The van der Waals surface area contributed by atoms with E-state index in [4.69, 9.17) is 20.0 Å². The first-order chi connectivity index (χ1) is 16.5. The van der Waals surface area contributed by atoms with Gasteiger partial charge < -0.3 is 25.4 Å². The number of oxime groups is 1. The molecule has 3 rings (SSSR count). The summed E-state index contributed by atoms with van der Waals surface area (Å²) in [7, 11) is 1.27. The van der Waals surface area contributed by atoms with E-state index in [0.717, 1.165) is 11.3 Å². The highest BCUT2D eigenvalue weighted by molar-refractivity contribution is 8.00. The highest BCUT2D eigenvalue weighted by atomic mass is 32.2. The maximum Gasteiger partial charge on any atom is 0.358 e. The Morgan fingerprint density at radius 3 is 2.66 bits per heavy atom. The van der Waals surface area contributed by atoms with Gasteiger partial charge in [-0.25, -0.2) is 9.78 Å². The number of hydrogen-bond acceptors (Lipinski definition) is 12. The van der Waals surface area contributed by atoms with E-state index in [1.807, 2.05) is 0 Å². The van der Waals surface area contributed by atoms with Crippen LogP contribution in [0.3, 0.4) is 0 Å². The summed E-state index contributed by atoms with van der Waals surface area (Å²) in [5, 5.41) is 7.53. The molecule has 3 N–H and O–H groups in total. The fourth-order valence-electron chi connectivity index (χ4n) is 3.11. The van der Waals surface area contributed by atoms with Gasteiger partial charge in [0.05, 0.1) is 5.41 Å². The minimum atomic E-state index is -0.932. The zero-order valence-electron chi connectivity index (χ0n) is 19.5. The Kier molecular flexibility index (Phi) is 7.85. The highest BCUT2D eigenvalue weighted by Gasteiger charge is 2.54. The number of nitrogens with zero attached hydrogens (tertiary/aromatic N) is 3. The molecule has 14 heteroatoms. The number of ether oxygens (including phenoxy) is 2. The average Bonchev–Trinajstić information content (AvgIpc) is 3.24. The van der Waals surface area contributed by atoms with Crippen LogP contribution in [0.1, 0.15) is 26.5 Å². The van der Waals surface area contributed by atoms with Gasteiger partial charge in [-0.1, -0.05) is 17.8 Å². The predicted octanol–water partition coefficient (Wildman–Crippen LogP) is 1.01. The second kappa shape index (κ2) is 10.5. The number of allylic oxidation sites excluding steroid dienone is 1. The van der Waals surface area contributed by atoms with Gasteiger partial charge in [-0.2, -0.15) is 0 Å². The summed E-state index contributed by atoms with van der Waals surface area (Å²) in [6.45, 7) is 8.09. The number of carbonyl (C=O) groups is 4. The summed E-state index contributed by atoms with van der Waals surface area (Å²) >= 11 is 2.46.